The first-order chi connectivity index (χ1) is 15.1. The number of nitrogens with zero attached hydrogens (tertiary/aromatic N) is 1. The van der Waals surface area contributed by atoms with Crippen LogP contribution in [0.15, 0.2) is 52.1 Å². The van der Waals surface area contributed by atoms with Crippen molar-refractivity contribution in [3.8, 4) is 0 Å². The molecular weight excluding hydrogens is 549 g/mol. The predicted octanol–water partition coefficient (Wildman–Crippen LogP) is 3.74. The molecule has 0 spiro atoms. The first kappa shape index (κ1) is 23.6. The van der Waals surface area contributed by atoms with Crippen molar-refractivity contribution in [1.82, 2.24) is 2.78 Å². The van der Waals surface area contributed by atoms with Crippen LogP contribution in [0.5, 0.6) is 0 Å². The minimum absolute atomic E-state index is 0.0105. The van der Waals surface area contributed by atoms with Crippen molar-refractivity contribution in [2.45, 2.75) is 65.2 Å². The zero-order chi connectivity index (χ0) is 23.3. The van der Waals surface area contributed by atoms with Crippen LogP contribution in [0.3, 0.4) is 0 Å². The van der Waals surface area contributed by atoms with E-state index in [1.165, 1.54) is 9.75 Å². The summed E-state index contributed by atoms with van der Waals surface area (Å²) in [6.45, 7) is 13.3. The maximum atomic E-state index is 13.7. The van der Waals surface area contributed by atoms with Gasteiger partial charge in [0.25, 0.3) is 0 Å². The molecule has 0 atom stereocenters. The number of halogens is 1. The van der Waals surface area contributed by atoms with E-state index in [1.807, 2.05) is 30.3 Å². The van der Waals surface area contributed by atoms with Gasteiger partial charge in [-0.1, -0.05) is 0 Å². The predicted molar refractivity (Wildman–Crippen MR) is 135 cm³/mol. The third-order valence-corrected chi connectivity index (χ3v) is 12.3. The van der Waals surface area contributed by atoms with Gasteiger partial charge in [-0.15, -0.1) is 0 Å². The number of aromatic nitrogens is 1. The molecule has 0 N–H and O–H groups in total. The summed E-state index contributed by atoms with van der Waals surface area (Å²) in [5.74, 6) is 0. The van der Waals surface area contributed by atoms with Gasteiger partial charge in [-0.25, -0.2) is 0 Å². The number of fused-ring (bicyclic) bond motifs is 3. The molecular formula is C26H29INO2S2-. The molecule has 0 aliphatic carbocycles. The minimum atomic E-state index is -0.948. The van der Waals surface area contributed by atoms with Crippen LogP contribution < -0.4 is 32.6 Å². The summed E-state index contributed by atoms with van der Waals surface area (Å²) in [5, 5.41) is 1.38. The van der Waals surface area contributed by atoms with Gasteiger partial charge in [0.2, 0.25) is 0 Å². The fourth-order valence-electron chi connectivity index (χ4n) is 3.40. The van der Waals surface area contributed by atoms with Gasteiger partial charge >= 0.3 is 209 Å². The fraction of sp³-hybridized carbons (Fsp3) is 0.385. The molecule has 1 aromatic carbocycles. The average Bonchev–Trinajstić information content (AvgIpc) is 3.41. The Kier molecular flexibility index (Phi) is 6.42. The number of rotatable bonds is 6. The Morgan fingerprint density at radius 1 is 0.781 bits per heavy atom. The van der Waals surface area contributed by atoms with Gasteiger partial charge in [-0.2, -0.15) is 0 Å². The molecule has 0 fully saturated rings. The van der Waals surface area contributed by atoms with Gasteiger partial charge in [0.05, 0.1) is 0 Å². The Hall–Kier alpha value is -1.51. The number of benzene rings is 1. The molecule has 0 aliphatic rings. The summed E-state index contributed by atoms with van der Waals surface area (Å²) in [4.78, 5) is 29.9. The van der Waals surface area contributed by atoms with E-state index in [0.717, 1.165) is 25.8 Å². The second kappa shape index (κ2) is 8.69. The van der Waals surface area contributed by atoms with E-state index in [-0.39, 0.29) is 21.9 Å². The van der Waals surface area contributed by atoms with Gasteiger partial charge in [-0.3, -0.25) is 0 Å². The molecule has 3 heterocycles. The fourth-order valence-corrected chi connectivity index (χ4v) is 8.46. The van der Waals surface area contributed by atoms with Crippen molar-refractivity contribution in [3.05, 3.63) is 76.5 Å². The van der Waals surface area contributed by atoms with Gasteiger partial charge in [0.1, 0.15) is 0 Å². The van der Waals surface area contributed by atoms with E-state index in [0.29, 0.717) is 10.8 Å². The SMILES string of the molecule is CCC(C)(C)c1cc2c(=O)n([I-]c3ccccc3)c(=O)c3cc(C(C)(C)CC)sc3c2s1. The van der Waals surface area contributed by atoms with Crippen molar-refractivity contribution in [3.63, 3.8) is 0 Å². The standard InChI is InChI=1S/C26H29INO2S2/c1-7-25(3,4)19-14-17-21(31-19)22-18(15-20(32-22)26(5,6)8-2)24(30)28(23(17)29)27-16-12-10-9-11-13-16/h9-15H,7-8H2,1-6H3/q-1. The van der Waals surface area contributed by atoms with Crippen molar-refractivity contribution in [2.75, 3.05) is 0 Å². The summed E-state index contributed by atoms with van der Waals surface area (Å²) < 4.78 is 4.55. The number of thiophene rings is 2. The second-order valence-corrected chi connectivity index (χ2v) is 14.3. The monoisotopic (exact) mass is 578 g/mol. The Balaban J connectivity index is 2.13. The molecule has 0 radical (unpaired) electrons. The van der Waals surface area contributed by atoms with Crippen molar-refractivity contribution < 1.29 is 21.5 Å². The normalized spacial score (nSPS) is 12.8. The van der Waals surface area contributed by atoms with Crippen LogP contribution in [0.2, 0.25) is 0 Å². The van der Waals surface area contributed by atoms with E-state index in [4.69, 9.17) is 0 Å². The maximum absolute atomic E-state index is 13.7. The van der Waals surface area contributed by atoms with Crippen molar-refractivity contribution >= 4 is 42.8 Å². The summed E-state index contributed by atoms with van der Waals surface area (Å²) in [7, 11) is 0. The first-order valence-corrected chi connectivity index (χ1v) is 14.6. The average molecular weight is 579 g/mol. The van der Waals surface area contributed by atoms with Gasteiger partial charge in [0, 0.05) is 0 Å². The van der Waals surface area contributed by atoms with Crippen molar-refractivity contribution in [2.24, 2.45) is 0 Å². The Labute approximate surface area is 207 Å². The molecule has 0 bridgehead atoms. The third kappa shape index (κ3) is 4.10. The van der Waals surface area contributed by atoms with Gasteiger partial charge in [0.15, 0.2) is 0 Å². The summed E-state index contributed by atoms with van der Waals surface area (Å²) in [6.07, 6.45) is 1.98. The molecule has 170 valence electrons. The third-order valence-electron chi connectivity index (χ3n) is 6.50. The van der Waals surface area contributed by atoms with Crippen LogP contribution >= 0.6 is 22.7 Å². The quantitative estimate of drug-likeness (QED) is 0.327. The molecule has 6 heteroatoms. The first-order valence-electron chi connectivity index (χ1n) is 11.0. The molecule has 3 nitrogen and oxygen atoms in total. The van der Waals surface area contributed by atoms with E-state index in [2.05, 4.69) is 53.7 Å². The summed E-state index contributed by atoms with van der Waals surface area (Å²) in [5.41, 5.74) is -0.307. The number of hydrogen-bond acceptors (Lipinski definition) is 4. The van der Waals surface area contributed by atoms with E-state index in [9.17, 15) is 9.59 Å². The van der Waals surface area contributed by atoms with E-state index < -0.39 is 21.5 Å². The molecule has 3 aromatic heterocycles. The molecule has 0 amide bonds. The summed E-state index contributed by atoms with van der Waals surface area (Å²) in [6, 6.07) is 14.0. The van der Waals surface area contributed by atoms with E-state index in [1.54, 1.807) is 25.5 Å². The zero-order valence-electron chi connectivity index (χ0n) is 19.4. The van der Waals surface area contributed by atoms with Crippen LogP contribution in [0.25, 0.3) is 20.2 Å². The molecule has 0 saturated carbocycles. The Morgan fingerprint density at radius 2 is 1.22 bits per heavy atom. The number of hydrogen-bond donors (Lipinski definition) is 0. The van der Waals surface area contributed by atoms with E-state index >= 15 is 0 Å². The summed E-state index contributed by atoms with van der Waals surface area (Å²) >= 11 is 2.44. The Morgan fingerprint density at radius 3 is 1.62 bits per heavy atom. The molecule has 4 aromatic rings. The molecule has 0 unspecified atom stereocenters. The van der Waals surface area contributed by atoms with Crippen LogP contribution in [-0.4, -0.2) is 2.78 Å². The van der Waals surface area contributed by atoms with Crippen LogP contribution in [0.4, 0.5) is 0 Å². The molecule has 0 aliphatic heterocycles. The zero-order valence-corrected chi connectivity index (χ0v) is 23.2. The topological polar surface area (TPSA) is 39.1 Å². The van der Waals surface area contributed by atoms with Gasteiger partial charge in [-0.05, 0) is 0 Å². The molecule has 32 heavy (non-hydrogen) atoms. The molecule has 0 saturated heterocycles. The van der Waals surface area contributed by atoms with Crippen molar-refractivity contribution in [1.29, 1.82) is 0 Å². The second-order valence-electron chi connectivity index (χ2n) is 9.45. The van der Waals surface area contributed by atoms with Crippen LogP contribution in [0, 0.1) is 3.57 Å². The Bertz CT molecular complexity index is 1320. The van der Waals surface area contributed by atoms with Gasteiger partial charge < -0.3 is 0 Å². The van der Waals surface area contributed by atoms with Crippen LogP contribution in [-0.2, 0) is 10.8 Å². The van der Waals surface area contributed by atoms with Crippen LogP contribution in [0.1, 0.15) is 64.1 Å². The molecule has 4 rings (SSSR count).